The summed E-state index contributed by atoms with van der Waals surface area (Å²) in [5.74, 6) is -3.94. The molecule has 7 atom stereocenters. The van der Waals surface area contributed by atoms with E-state index in [4.69, 9.17) is 14.2 Å². The zero-order valence-corrected chi connectivity index (χ0v) is 27.1. The Balaban J connectivity index is 1.32. The number of carbonyl (C=O) groups is 4. The number of aliphatic hydroxyl groups is 1. The van der Waals surface area contributed by atoms with E-state index >= 15 is 0 Å². The van der Waals surface area contributed by atoms with E-state index in [2.05, 4.69) is 5.32 Å². The number of β-amino-alcohol motifs (C(OH)–C–C–N with tert-alkyl or cyclic N) is 1. The van der Waals surface area contributed by atoms with Gasteiger partial charge in [0.15, 0.2) is 0 Å². The monoisotopic (exact) mass is 665 g/mol. The highest BCUT2D eigenvalue weighted by Gasteiger charge is 2.73. The molecule has 5 bridgehead atoms. The lowest BCUT2D eigenvalue weighted by molar-refractivity contribution is -0.162. The molecule has 11 nitrogen and oxygen atoms in total. The Morgan fingerprint density at radius 3 is 2.51 bits per heavy atom. The molecule has 4 heterocycles. The van der Waals surface area contributed by atoms with Gasteiger partial charge in [-0.3, -0.25) is 19.2 Å². The van der Waals surface area contributed by atoms with E-state index in [0.717, 1.165) is 10.8 Å². The molecule has 0 radical (unpaired) electrons. The average Bonchev–Trinajstić information content (AvgIpc) is 3.75. The van der Waals surface area contributed by atoms with E-state index < -0.39 is 59.5 Å². The summed E-state index contributed by atoms with van der Waals surface area (Å²) in [6.07, 6.45) is 5.93. The van der Waals surface area contributed by atoms with E-state index in [1.165, 1.54) is 12.0 Å². The van der Waals surface area contributed by atoms with Crippen LogP contribution in [-0.2, 0) is 33.4 Å². The molecular formula is C38H39N3O8. The van der Waals surface area contributed by atoms with Gasteiger partial charge in [-0.15, -0.1) is 0 Å². The number of allylic oxidation sites excluding steroid dienone is 1. The van der Waals surface area contributed by atoms with E-state index in [1.807, 2.05) is 72.8 Å². The highest BCUT2D eigenvalue weighted by molar-refractivity contribution is 6.06. The number of cyclic esters (lactones) is 1. The molecule has 0 aliphatic carbocycles. The van der Waals surface area contributed by atoms with E-state index in [1.54, 1.807) is 29.2 Å². The first-order chi connectivity index (χ1) is 23.9. The summed E-state index contributed by atoms with van der Waals surface area (Å²) >= 11 is 0. The minimum atomic E-state index is -1.45. The predicted molar refractivity (Wildman–Crippen MR) is 180 cm³/mol. The second-order valence-electron chi connectivity index (χ2n) is 12.8. The number of carbonyl (C=O) groups excluding carboxylic acids is 4. The number of nitrogens with zero attached hydrogens (tertiary/aromatic N) is 2. The number of anilines is 1. The molecule has 0 aromatic heterocycles. The summed E-state index contributed by atoms with van der Waals surface area (Å²) < 4.78 is 18.2. The highest BCUT2D eigenvalue weighted by atomic mass is 16.6. The molecule has 1 spiro atoms. The number of esters is 1. The van der Waals surface area contributed by atoms with Gasteiger partial charge in [-0.05, 0) is 34.9 Å². The SMILES string of the molecule is COC[C@@H]1NC(=O)CC/C=C\CN(c2ccc3ccccc3c2)C(=O)[C@H]2N(CCO)C(=O)[C@@H]3[C@@H](C(=O)O[C@H]1c1ccccc1)[C@H]1C=C[C@]32O1. The molecule has 4 aliphatic heterocycles. The maximum Gasteiger partial charge on any atom is 0.313 e. The van der Waals surface area contributed by atoms with Crippen LogP contribution in [0.1, 0.15) is 24.5 Å². The average molecular weight is 666 g/mol. The molecule has 254 valence electrons. The molecule has 49 heavy (non-hydrogen) atoms. The van der Waals surface area contributed by atoms with Crippen LogP contribution in [0, 0.1) is 11.8 Å². The van der Waals surface area contributed by atoms with Gasteiger partial charge in [-0.1, -0.05) is 85.0 Å². The van der Waals surface area contributed by atoms with Crippen molar-refractivity contribution in [3.05, 3.63) is 103 Å². The van der Waals surface area contributed by atoms with Crippen LogP contribution in [0.15, 0.2) is 97.1 Å². The van der Waals surface area contributed by atoms with Crippen molar-refractivity contribution in [2.75, 3.05) is 38.3 Å². The number of ether oxygens (including phenoxy) is 3. The van der Waals surface area contributed by atoms with Crippen molar-refractivity contribution in [3.8, 4) is 0 Å². The van der Waals surface area contributed by atoms with Crippen LogP contribution in [0.25, 0.3) is 10.8 Å². The summed E-state index contributed by atoms with van der Waals surface area (Å²) in [4.78, 5) is 59.6. The third-order valence-corrected chi connectivity index (χ3v) is 9.95. The van der Waals surface area contributed by atoms with Gasteiger partial charge in [-0.25, -0.2) is 0 Å². The van der Waals surface area contributed by atoms with Gasteiger partial charge in [-0.2, -0.15) is 0 Å². The number of amides is 3. The quantitative estimate of drug-likeness (QED) is 0.303. The molecule has 7 rings (SSSR count). The van der Waals surface area contributed by atoms with Crippen LogP contribution in [0.3, 0.4) is 0 Å². The van der Waals surface area contributed by atoms with Gasteiger partial charge in [0.05, 0.1) is 31.3 Å². The Morgan fingerprint density at radius 2 is 1.73 bits per heavy atom. The largest absolute Gasteiger partial charge is 0.455 e. The molecule has 2 N–H and O–H groups in total. The lowest BCUT2D eigenvalue weighted by Crippen LogP contribution is -2.56. The van der Waals surface area contributed by atoms with Crippen molar-refractivity contribution in [2.24, 2.45) is 11.8 Å². The maximum absolute atomic E-state index is 14.9. The number of rotatable bonds is 6. The van der Waals surface area contributed by atoms with Crippen LogP contribution in [0.5, 0.6) is 0 Å². The number of fused-ring (bicyclic) bond motifs is 3. The van der Waals surface area contributed by atoms with Crippen molar-refractivity contribution in [2.45, 2.75) is 42.7 Å². The van der Waals surface area contributed by atoms with Crippen molar-refractivity contribution in [3.63, 3.8) is 0 Å². The number of nitrogens with one attached hydrogen (secondary N) is 1. The highest BCUT2D eigenvalue weighted by Crippen LogP contribution is 2.56. The normalized spacial score (nSPS) is 30.8. The fourth-order valence-corrected chi connectivity index (χ4v) is 7.78. The van der Waals surface area contributed by atoms with Crippen LogP contribution in [0.2, 0.25) is 0 Å². The smallest absolute Gasteiger partial charge is 0.313 e. The van der Waals surface area contributed by atoms with Crippen LogP contribution < -0.4 is 10.2 Å². The molecule has 0 saturated carbocycles. The van der Waals surface area contributed by atoms with Crippen LogP contribution in [-0.4, -0.2) is 90.9 Å². The number of hydrogen-bond acceptors (Lipinski definition) is 8. The summed E-state index contributed by atoms with van der Waals surface area (Å²) in [5, 5.41) is 15.0. The van der Waals surface area contributed by atoms with E-state index in [9.17, 15) is 24.3 Å². The van der Waals surface area contributed by atoms with Crippen LogP contribution >= 0.6 is 0 Å². The van der Waals surface area contributed by atoms with Gasteiger partial charge >= 0.3 is 5.97 Å². The number of methoxy groups -OCH3 is 1. The van der Waals surface area contributed by atoms with Gasteiger partial charge in [0.2, 0.25) is 11.8 Å². The Bertz CT molecular complexity index is 1810. The third-order valence-electron chi connectivity index (χ3n) is 9.95. The first kappa shape index (κ1) is 32.7. The maximum atomic E-state index is 14.9. The minimum absolute atomic E-state index is 0.0623. The predicted octanol–water partition coefficient (Wildman–Crippen LogP) is 3.08. The summed E-state index contributed by atoms with van der Waals surface area (Å²) in [7, 11) is 1.50. The standard InChI is InChI=1S/C38H39N3O8/c1-47-23-28-33(25-11-4-2-5-12-25)48-37(46)31-29-17-18-38(49-29)32(31)35(44)41(20-21-42)34(38)36(45)40(19-9-3-6-14-30(43)39-28)27-16-15-24-10-7-8-13-26(24)22-27/h2-5,7-13,15-18,22,28-29,31-34,42H,6,14,19-21,23H2,1H3,(H,39,43)/b9-3-/t28-,29+,31-,32-,33-,34+,38-/m0/s1. The molecule has 2 saturated heterocycles. The zero-order valence-electron chi connectivity index (χ0n) is 27.1. The minimum Gasteiger partial charge on any atom is -0.455 e. The number of aliphatic hydroxyl groups excluding tert-OH is 1. The van der Waals surface area contributed by atoms with Gasteiger partial charge < -0.3 is 34.4 Å². The Kier molecular flexibility index (Phi) is 9.06. The Labute approximate surface area is 284 Å². The second kappa shape index (κ2) is 13.6. The molecule has 4 aliphatic rings. The zero-order chi connectivity index (χ0) is 34.1. The topological polar surface area (TPSA) is 135 Å². The fourth-order valence-electron chi connectivity index (χ4n) is 7.78. The first-order valence-corrected chi connectivity index (χ1v) is 16.6. The summed E-state index contributed by atoms with van der Waals surface area (Å²) in [6, 6.07) is 20.7. The van der Waals surface area contributed by atoms with Crippen molar-refractivity contribution >= 4 is 40.2 Å². The third kappa shape index (κ3) is 5.81. The number of likely N-dealkylation sites (tertiary alicyclic amines) is 1. The Hall–Kier alpha value is -4.84. The molecule has 0 unspecified atom stereocenters. The van der Waals surface area contributed by atoms with Gasteiger partial charge in [0.25, 0.3) is 5.91 Å². The summed E-state index contributed by atoms with van der Waals surface area (Å²) in [6.45, 7) is -0.289. The van der Waals surface area contributed by atoms with E-state index in [-0.39, 0.29) is 38.6 Å². The van der Waals surface area contributed by atoms with Gasteiger partial charge in [0.1, 0.15) is 23.7 Å². The summed E-state index contributed by atoms with van der Waals surface area (Å²) in [5.41, 5.74) is -0.197. The van der Waals surface area contributed by atoms with Crippen molar-refractivity contribution in [1.29, 1.82) is 0 Å². The molecular weight excluding hydrogens is 626 g/mol. The fraction of sp³-hybridized carbons (Fsp3) is 0.368. The lowest BCUT2D eigenvalue weighted by atomic mass is 9.74. The lowest BCUT2D eigenvalue weighted by Gasteiger charge is -2.35. The van der Waals surface area contributed by atoms with Crippen molar-refractivity contribution < 1.29 is 38.5 Å². The molecule has 3 amide bonds. The van der Waals surface area contributed by atoms with Crippen molar-refractivity contribution in [1.82, 2.24) is 10.2 Å². The molecule has 3 aromatic rings. The molecule has 11 heteroatoms. The first-order valence-electron chi connectivity index (χ1n) is 16.6. The molecule has 3 aromatic carbocycles. The second-order valence-corrected chi connectivity index (χ2v) is 12.8. The number of hydrogen-bond donors (Lipinski definition) is 2. The Morgan fingerprint density at radius 1 is 0.959 bits per heavy atom. The van der Waals surface area contributed by atoms with Crippen LogP contribution in [0.4, 0.5) is 5.69 Å². The number of benzene rings is 3. The van der Waals surface area contributed by atoms with E-state index in [0.29, 0.717) is 17.7 Å². The van der Waals surface area contributed by atoms with Gasteiger partial charge in [0, 0.05) is 32.3 Å². The molecule has 2 fully saturated rings.